The van der Waals surface area contributed by atoms with Crippen LogP contribution in [-0.4, -0.2) is 48.2 Å². The van der Waals surface area contributed by atoms with Gasteiger partial charge in [-0.2, -0.15) is 8.78 Å². The third kappa shape index (κ3) is 5.66. The van der Waals surface area contributed by atoms with Crippen molar-refractivity contribution in [3.8, 4) is 11.1 Å². The number of hydrogen-bond donors (Lipinski definition) is 3. The van der Waals surface area contributed by atoms with Crippen molar-refractivity contribution in [3.05, 3.63) is 59.7 Å². The van der Waals surface area contributed by atoms with E-state index in [1.165, 1.54) is 0 Å². The molecular formula is C24H26F2N2O5. The predicted molar refractivity (Wildman–Crippen MR) is 117 cm³/mol. The fraction of sp³-hybridized carbons (Fsp3) is 0.375. The van der Waals surface area contributed by atoms with Gasteiger partial charge in [0.1, 0.15) is 6.61 Å². The van der Waals surface area contributed by atoms with Gasteiger partial charge in [-0.1, -0.05) is 62.4 Å². The third-order valence-electron chi connectivity index (χ3n) is 5.65. The van der Waals surface area contributed by atoms with E-state index in [0.29, 0.717) is 0 Å². The Hall–Kier alpha value is -3.49. The van der Waals surface area contributed by atoms with Gasteiger partial charge >= 0.3 is 18.0 Å². The fourth-order valence-electron chi connectivity index (χ4n) is 3.83. The highest BCUT2D eigenvalue weighted by molar-refractivity contribution is 5.85. The minimum Gasteiger partial charge on any atom is -0.481 e. The molecule has 1 atom stereocenters. The topological polar surface area (TPSA) is 105 Å². The summed E-state index contributed by atoms with van der Waals surface area (Å²) in [6, 6.07) is 14.4. The first-order valence-electron chi connectivity index (χ1n) is 10.6. The van der Waals surface area contributed by atoms with Crippen LogP contribution in [-0.2, 0) is 14.3 Å². The maximum atomic E-state index is 14.2. The lowest BCUT2D eigenvalue weighted by Gasteiger charge is -2.24. The molecule has 0 spiro atoms. The smallest absolute Gasteiger partial charge is 0.407 e. The molecule has 1 aliphatic rings. The largest absolute Gasteiger partial charge is 0.481 e. The number of amides is 2. The number of carboxylic acids is 1. The lowest BCUT2D eigenvalue weighted by atomic mass is 9.98. The zero-order chi connectivity index (χ0) is 24.2. The van der Waals surface area contributed by atoms with E-state index in [2.05, 4.69) is 0 Å². The number of carbonyl (C=O) groups is 3. The number of halogens is 2. The summed E-state index contributed by atoms with van der Waals surface area (Å²) in [6.07, 6.45) is -1.56. The Morgan fingerprint density at radius 3 is 2.09 bits per heavy atom. The molecule has 7 nitrogen and oxygen atoms in total. The van der Waals surface area contributed by atoms with Gasteiger partial charge in [0.2, 0.25) is 0 Å². The molecule has 9 heteroatoms. The first-order valence-corrected chi connectivity index (χ1v) is 10.6. The predicted octanol–water partition coefficient (Wildman–Crippen LogP) is 3.78. The first kappa shape index (κ1) is 24.2. The number of ether oxygens (including phenoxy) is 1. The second-order valence-corrected chi connectivity index (χ2v) is 8.31. The van der Waals surface area contributed by atoms with Crippen molar-refractivity contribution in [1.82, 2.24) is 10.6 Å². The standard InChI is InChI=1S/C24H26F2N2O5/c1-14(2)20(11-21(29)30)28-22(31)24(25,26)13-27-23(32)33-12-19-17-9-5-3-7-15(17)16-8-4-6-10-18(16)19/h3-10,14,19-20H,11-13H2,1-2H3,(H,27,32)(H,28,31)(H,29,30)/t20-/m0/s1. The van der Waals surface area contributed by atoms with Gasteiger partial charge in [0.05, 0.1) is 13.0 Å². The fourth-order valence-corrected chi connectivity index (χ4v) is 3.83. The normalized spacial score (nSPS) is 13.7. The average Bonchev–Trinajstić information content (AvgIpc) is 3.09. The summed E-state index contributed by atoms with van der Waals surface area (Å²) in [5.74, 6) is -7.39. The van der Waals surface area contributed by atoms with E-state index in [9.17, 15) is 23.2 Å². The van der Waals surface area contributed by atoms with Crippen LogP contribution >= 0.6 is 0 Å². The Kier molecular flexibility index (Phi) is 7.30. The quantitative estimate of drug-likeness (QED) is 0.528. The van der Waals surface area contributed by atoms with E-state index >= 15 is 0 Å². The van der Waals surface area contributed by atoms with E-state index in [1.807, 2.05) is 59.2 Å². The summed E-state index contributed by atoms with van der Waals surface area (Å²) in [7, 11) is 0. The Labute approximate surface area is 190 Å². The molecule has 2 aromatic carbocycles. The van der Waals surface area contributed by atoms with Crippen LogP contribution in [0.25, 0.3) is 11.1 Å². The molecule has 2 amide bonds. The van der Waals surface area contributed by atoms with Crippen molar-refractivity contribution in [2.75, 3.05) is 13.2 Å². The number of aliphatic carboxylic acids is 1. The molecule has 0 saturated carbocycles. The third-order valence-corrected chi connectivity index (χ3v) is 5.65. The summed E-state index contributed by atoms with van der Waals surface area (Å²) in [6.45, 7) is 1.90. The van der Waals surface area contributed by atoms with Gasteiger partial charge in [0, 0.05) is 12.0 Å². The van der Waals surface area contributed by atoms with E-state index in [1.54, 1.807) is 13.8 Å². The van der Waals surface area contributed by atoms with E-state index in [-0.39, 0.29) is 18.4 Å². The van der Waals surface area contributed by atoms with Crippen molar-refractivity contribution in [1.29, 1.82) is 0 Å². The van der Waals surface area contributed by atoms with Crippen LogP contribution < -0.4 is 10.6 Å². The van der Waals surface area contributed by atoms with Crippen molar-refractivity contribution in [2.45, 2.75) is 38.2 Å². The Bertz CT molecular complexity index is 996. The molecule has 0 unspecified atom stereocenters. The number of alkyl carbamates (subject to hydrolysis) is 1. The molecule has 0 heterocycles. The maximum Gasteiger partial charge on any atom is 0.407 e. The lowest BCUT2D eigenvalue weighted by molar-refractivity contribution is -0.146. The Morgan fingerprint density at radius 1 is 1.03 bits per heavy atom. The van der Waals surface area contributed by atoms with Crippen LogP contribution in [0.4, 0.5) is 13.6 Å². The van der Waals surface area contributed by atoms with Gasteiger partial charge < -0.3 is 20.5 Å². The summed E-state index contributed by atoms with van der Waals surface area (Å²) >= 11 is 0. The van der Waals surface area contributed by atoms with Gasteiger partial charge in [0.25, 0.3) is 5.91 Å². The number of carboxylic acid groups (broad SMARTS) is 1. The molecule has 0 aliphatic heterocycles. The van der Waals surface area contributed by atoms with Crippen LogP contribution in [0.2, 0.25) is 0 Å². The second-order valence-electron chi connectivity index (χ2n) is 8.31. The van der Waals surface area contributed by atoms with Crippen LogP contribution in [0.3, 0.4) is 0 Å². The van der Waals surface area contributed by atoms with Crippen LogP contribution in [0.1, 0.15) is 37.3 Å². The molecule has 33 heavy (non-hydrogen) atoms. The van der Waals surface area contributed by atoms with Crippen molar-refractivity contribution in [3.63, 3.8) is 0 Å². The van der Waals surface area contributed by atoms with Gasteiger partial charge in [-0.15, -0.1) is 0 Å². The molecule has 0 aromatic heterocycles. The number of nitrogens with one attached hydrogen (secondary N) is 2. The summed E-state index contributed by atoms with van der Waals surface area (Å²) in [5.41, 5.74) is 4.03. The zero-order valence-electron chi connectivity index (χ0n) is 18.3. The molecule has 3 N–H and O–H groups in total. The van der Waals surface area contributed by atoms with Crippen molar-refractivity contribution >= 4 is 18.0 Å². The molecule has 1 aliphatic carbocycles. The Balaban J connectivity index is 1.56. The lowest BCUT2D eigenvalue weighted by Crippen LogP contribution is -2.52. The SMILES string of the molecule is CC(C)[C@H](CC(=O)O)NC(=O)C(F)(F)CNC(=O)OCC1c2ccccc2-c2ccccc21. The molecule has 0 radical (unpaired) electrons. The van der Waals surface area contributed by atoms with Crippen LogP contribution in [0.15, 0.2) is 48.5 Å². The Morgan fingerprint density at radius 2 is 1.58 bits per heavy atom. The number of alkyl halides is 2. The highest BCUT2D eigenvalue weighted by Crippen LogP contribution is 2.44. The first-order chi connectivity index (χ1) is 15.6. The summed E-state index contributed by atoms with van der Waals surface area (Å²) in [5, 5.41) is 12.9. The van der Waals surface area contributed by atoms with Gasteiger partial charge in [0.15, 0.2) is 0 Å². The number of fused-ring (bicyclic) bond motifs is 3. The second kappa shape index (κ2) is 9.97. The van der Waals surface area contributed by atoms with Crippen molar-refractivity contribution in [2.24, 2.45) is 5.92 Å². The molecule has 0 bridgehead atoms. The highest BCUT2D eigenvalue weighted by atomic mass is 19.3. The summed E-state index contributed by atoms with van der Waals surface area (Å²) < 4.78 is 33.7. The minimum absolute atomic E-state index is 0.0499. The van der Waals surface area contributed by atoms with Gasteiger partial charge in [-0.3, -0.25) is 9.59 Å². The molecule has 3 rings (SSSR count). The van der Waals surface area contributed by atoms with E-state index in [0.717, 1.165) is 22.3 Å². The molecular weight excluding hydrogens is 434 g/mol. The highest BCUT2D eigenvalue weighted by Gasteiger charge is 2.41. The number of benzene rings is 2. The number of rotatable bonds is 9. The molecule has 176 valence electrons. The van der Waals surface area contributed by atoms with Crippen LogP contribution in [0.5, 0.6) is 0 Å². The van der Waals surface area contributed by atoms with Gasteiger partial charge in [-0.05, 0) is 28.2 Å². The summed E-state index contributed by atoms with van der Waals surface area (Å²) in [4.78, 5) is 34.9. The number of carbonyl (C=O) groups excluding carboxylic acids is 2. The van der Waals surface area contributed by atoms with Gasteiger partial charge in [-0.25, -0.2) is 4.79 Å². The zero-order valence-corrected chi connectivity index (χ0v) is 18.3. The molecule has 2 aromatic rings. The monoisotopic (exact) mass is 460 g/mol. The van der Waals surface area contributed by atoms with E-state index in [4.69, 9.17) is 9.84 Å². The van der Waals surface area contributed by atoms with Crippen LogP contribution in [0, 0.1) is 5.92 Å². The average molecular weight is 460 g/mol. The minimum atomic E-state index is -3.93. The number of hydrogen-bond acceptors (Lipinski definition) is 4. The van der Waals surface area contributed by atoms with E-state index < -0.39 is 42.9 Å². The molecule has 0 fully saturated rings. The van der Waals surface area contributed by atoms with Crippen molar-refractivity contribution < 1.29 is 33.0 Å². The molecule has 0 saturated heterocycles. The maximum absolute atomic E-state index is 14.2.